The van der Waals surface area contributed by atoms with Gasteiger partial charge in [-0.25, -0.2) is 4.98 Å². The molecule has 2 fully saturated rings. The minimum atomic E-state index is 0.00972. The first-order valence-electron chi connectivity index (χ1n) is 6.33. The third-order valence-electron chi connectivity index (χ3n) is 3.49. The highest BCUT2D eigenvalue weighted by molar-refractivity contribution is 5.92. The fourth-order valence-electron chi connectivity index (χ4n) is 2.52. The first-order valence-corrected chi connectivity index (χ1v) is 6.33. The van der Waals surface area contributed by atoms with Gasteiger partial charge >= 0.3 is 0 Å². The van der Waals surface area contributed by atoms with E-state index in [4.69, 9.17) is 4.42 Å². The molecule has 2 saturated heterocycles. The number of oxazole rings is 1. The van der Waals surface area contributed by atoms with Gasteiger partial charge < -0.3 is 14.6 Å². The lowest BCUT2D eigenvalue weighted by atomic mass is 10.2. The molecule has 92 valence electrons. The van der Waals surface area contributed by atoms with Gasteiger partial charge in [-0.15, -0.1) is 0 Å². The fraction of sp³-hybridized carbons (Fsp3) is 0.667. The average Bonchev–Trinajstić information content (AvgIpc) is 3.09. The lowest BCUT2D eigenvalue weighted by molar-refractivity contribution is 0.0787. The molecule has 0 saturated carbocycles. The van der Waals surface area contributed by atoms with E-state index in [1.54, 1.807) is 0 Å². The molecule has 3 heterocycles. The second-order valence-electron chi connectivity index (χ2n) is 4.72. The Labute approximate surface area is 100 Å². The molecule has 0 aliphatic carbocycles. The Bertz CT molecular complexity index is 404. The molecule has 5 nitrogen and oxygen atoms in total. The van der Waals surface area contributed by atoms with E-state index in [0.717, 1.165) is 45.3 Å². The summed E-state index contributed by atoms with van der Waals surface area (Å²) in [5.74, 6) is 0.667. The molecule has 0 radical (unpaired) electrons. The number of carbonyl (C=O) groups excluding carboxylic acids is 1. The molecular formula is C12H17N3O2. The zero-order chi connectivity index (χ0) is 11.7. The number of aromatic nitrogens is 1. The lowest BCUT2D eigenvalue weighted by Crippen LogP contribution is -2.28. The van der Waals surface area contributed by atoms with Gasteiger partial charge in [-0.3, -0.25) is 4.79 Å². The summed E-state index contributed by atoms with van der Waals surface area (Å²) in [7, 11) is 0. The van der Waals surface area contributed by atoms with Gasteiger partial charge in [0.1, 0.15) is 6.26 Å². The van der Waals surface area contributed by atoms with E-state index in [1.165, 1.54) is 6.26 Å². The quantitative estimate of drug-likeness (QED) is 0.840. The van der Waals surface area contributed by atoms with Crippen LogP contribution < -0.4 is 5.32 Å². The van der Waals surface area contributed by atoms with Crippen molar-refractivity contribution in [2.24, 2.45) is 0 Å². The molecule has 1 atom stereocenters. The first-order chi connectivity index (χ1) is 8.34. The average molecular weight is 235 g/mol. The van der Waals surface area contributed by atoms with Gasteiger partial charge in [-0.1, -0.05) is 0 Å². The van der Waals surface area contributed by atoms with Crippen LogP contribution in [0.2, 0.25) is 0 Å². The van der Waals surface area contributed by atoms with Crippen LogP contribution in [0.1, 0.15) is 48.1 Å². The minimum Gasteiger partial charge on any atom is -0.446 e. The number of hydrogen-bond acceptors (Lipinski definition) is 4. The van der Waals surface area contributed by atoms with Crippen molar-refractivity contribution in [1.29, 1.82) is 0 Å². The molecule has 2 aliphatic heterocycles. The third-order valence-corrected chi connectivity index (χ3v) is 3.49. The van der Waals surface area contributed by atoms with Crippen LogP contribution in [0.25, 0.3) is 0 Å². The van der Waals surface area contributed by atoms with Crippen LogP contribution in [0, 0.1) is 0 Å². The molecule has 0 bridgehead atoms. The summed E-state index contributed by atoms with van der Waals surface area (Å²) in [6, 6.07) is 0.190. The van der Waals surface area contributed by atoms with Crippen LogP contribution in [0.15, 0.2) is 10.7 Å². The molecule has 3 rings (SSSR count). The van der Waals surface area contributed by atoms with Gasteiger partial charge in [-0.05, 0) is 32.2 Å². The minimum absolute atomic E-state index is 0.00972. The largest absolute Gasteiger partial charge is 0.446 e. The lowest BCUT2D eigenvalue weighted by Gasteiger charge is -2.12. The highest BCUT2D eigenvalue weighted by Gasteiger charge is 2.26. The predicted octanol–water partition coefficient (Wildman–Crippen LogP) is 1.34. The van der Waals surface area contributed by atoms with Crippen LogP contribution in [-0.4, -0.2) is 35.4 Å². The molecule has 0 aromatic carbocycles. The number of hydrogen-bond donors (Lipinski definition) is 1. The van der Waals surface area contributed by atoms with Crippen molar-refractivity contribution in [2.75, 3.05) is 19.6 Å². The monoisotopic (exact) mass is 235 g/mol. The summed E-state index contributed by atoms with van der Waals surface area (Å²) >= 11 is 0. The molecular weight excluding hydrogens is 218 g/mol. The topological polar surface area (TPSA) is 58.4 Å². The molecule has 0 spiro atoms. The van der Waals surface area contributed by atoms with Crippen LogP contribution in [0.4, 0.5) is 0 Å². The van der Waals surface area contributed by atoms with Crippen molar-refractivity contribution in [3.05, 3.63) is 17.8 Å². The second-order valence-corrected chi connectivity index (χ2v) is 4.72. The van der Waals surface area contributed by atoms with Crippen molar-refractivity contribution in [3.63, 3.8) is 0 Å². The number of nitrogens with zero attached hydrogens (tertiary/aromatic N) is 2. The Morgan fingerprint density at radius 2 is 2.24 bits per heavy atom. The standard InChI is InChI=1S/C12H17N3O2/c16-12(15-6-1-2-7-15)10-8-17-11(14-10)9-4-3-5-13-9/h8-9,13H,1-7H2. The first kappa shape index (κ1) is 10.8. The summed E-state index contributed by atoms with van der Waals surface area (Å²) in [6.07, 6.45) is 5.87. The van der Waals surface area contributed by atoms with Crippen molar-refractivity contribution in [3.8, 4) is 0 Å². The molecule has 17 heavy (non-hydrogen) atoms. The normalized spacial score (nSPS) is 24.5. The summed E-state index contributed by atoms with van der Waals surface area (Å²) < 4.78 is 5.41. The van der Waals surface area contributed by atoms with E-state index in [9.17, 15) is 4.79 Å². The summed E-state index contributed by atoms with van der Waals surface area (Å²) in [5, 5.41) is 3.31. The molecule has 1 aromatic rings. The van der Waals surface area contributed by atoms with Crippen molar-refractivity contribution < 1.29 is 9.21 Å². The molecule has 5 heteroatoms. The van der Waals surface area contributed by atoms with Crippen LogP contribution >= 0.6 is 0 Å². The Kier molecular flexibility index (Phi) is 2.84. The maximum atomic E-state index is 12.1. The third kappa shape index (κ3) is 2.07. The Hall–Kier alpha value is -1.36. The predicted molar refractivity (Wildman–Crippen MR) is 61.6 cm³/mol. The number of amides is 1. The fourth-order valence-corrected chi connectivity index (χ4v) is 2.52. The smallest absolute Gasteiger partial charge is 0.275 e. The van der Waals surface area contributed by atoms with E-state index in [2.05, 4.69) is 10.3 Å². The highest BCUT2D eigenvalue weighted by Crippen LogP contribution is 2.23. The number of rotatable bonds is 2. The maximum absolute atomic E-state index is 12.1. The summed E-state index contributed by atoms with van der Waals surface area (Å²) in [6.45, 7) is 2.70. The molecule has 1 aromatic heterocycles. The molecule has 1 unspecified atom stereocenters. The van der Waals surface area contributed by atoms with E-state index in [1.807, 2.05) is 4.90 Å². The number of nitrogens with one attached hydrogen (secondary N) is 1. The SMILES string of the molecule is O=C(c1coc(C2CCCN2)n1)N1CCCC1. The Morgan fingerprint density at radius 1 is 1.41 bits per heavy atom. The molecule has 2 aliphatic rings. The van der Waals surface area contributed by atoms with Crippen molar-refractivity contribution >= 4 is 5.91 Å². The van der Waals surface area contributed by atoms with E-state index >= 15 is 0 Å². The van der Waals surface area contributed by atoms with Crippen molar-refractivity contribution in [1.82, 2.24) is 15.2 Å². The van der Waals surface area contributed by atoms with Gasteiger partial charge in [0, 0.05) is 13.1 Å². The van der Waals surface area contributed by atoms with Crippen LogP contribution in [0.5, 0.6) is 0 Å². The van der Waals surface area contributed by atoms with E-state index in [0.29, 0.717) is 11.6 Å². The summed E-state index contributed by atoms with van der Waals surface area (Å²) in [4.78, 5) is 18.2. The highest BCUT2D eigenvalue weighted by atomic mass is 16.3. The van der Waals surface area contributed by atoms with Gasteiger partial charge in [0.15, 0.2) is 5.69 Å². The van der Waals surface area contributed by atoms with Gasteiger partial charge in [0.05, 0.1) is 6.04 Å². The zero-order valence-corrected chi connectivity index (χ0v) is 9.82. The van der Waals surface area contributed by atoms with E-state index in [-0.39, 0.29) is 11.9 Å². The van der Waals surface area contributed by atoms with E-state index < -0.39 is 0 Å². The summed E-state index contributed by atoms with van der Waals surface area (Å²) in [5.41, 5.74) is 0.454. The van der Waals surface area contributed by atoms with Crippen LogP contribution in [0.3, 0.4) is 0 Å². The van der Waals surface area contributed by atoms with Gasteiger partial charge in [0.2, 0.25) is 5.89 Å². The Balaban J connectivity index is 1.72. The second kappa shape index (κ2) is 4.49. The number of likely N-dealkylation sites (tertiary alicyclic amines) is 1. The molecule has 1 amide bonds. The van der Waals surface area contributed by atoms with Gasteiger partial charge in [0.25, 0.3) is 5.91 Å². The van der Waals surface area contributed by atoms with Crippen molar-refractivity contribution in [2.45, 2.75) is 31.7 Å². The van der Waals surface area contributed by atoms with Crippen LogP contribution in [-0.2, 0) is 0 Å². The zero-order valence-electron chi connectivity index (χ0n) is 9.82. The maximum Gasteiger partial charge on any atom is 0.275 e. The molecule has 1 N–H and O–H groups in total. The number of carbonyl (C=O) groups is 1. The van der Waals surface area contributed by atoms with Gasteiger partial charge in [-0.2, -0.15) is 0 Å². The Morgan fingerprint density at radius 3 is 2.94 bits per heavy atom.